The van der Waals surface area contributed by atoms with Crippen molar-refractivity contribution in [3.05, 3.63) is 35.3 Å². The Hall–Kier alpha value is -1.64. The van der Waals surface area contributed by atoms with Crippen molar-refractivity contribution in [1.29, 1.82) is 0 Å². The van der Waals surface area contributed by atoms with Crippen LogP contribution in [0, 0.1) is 20.8 Å². The Morgan fingerprint density at radius 2 is 1.87 bits per heavy atom. The molecule has 3 heteroatoms. The van der Waals surface area contributed by atoms with Gasteiger partial charge in [-0.2, -0.15) is 5.10 Å². The summed E-state index contributed by atoms with van der Waals surface area (Å²) in [4.78, 5) is 4.43. The molecule has 78 valence electrons. The highest BCUT2D eigenvalue weighted by Crippen LogP contribution is 2.24. The van der Waals surface area contributed by atoms with Crippen molar-refractivity contribution in [1.82, 2.24) is 14.8 Å². The molecular formula is C12H15N3. The quantitative estimate of drug-likeness (QED) is 0.709. The molecule has 0 radical (unpaired) electrons. The Morgan fingerprint density at radius 3 is 2.33 bits per heavy atom. The van der Waals surface area contributed by atoms with Gasteiger partial charge in [-0.05, 0) is 32.4 Å². The van der Waals surface area contributed by atoms with E-state index in [4.69, 9.17) is 0 Å². The Balaban J connectivity index is 2.58. The lowest BCUT2D eigenvalue weighted by atomic mass is 10.1. The van der Waals surface area contributed by atoms with E-state index in [9.17, 15) is 0 Å². The minimum atomic E-state index is 1.00. The maximum absolute atomic E-state index is 4.43. The number of hydrogen-bond donors (Lipinski definition) is 0. The third-order valence-electron chi connectivity index (χ3n) is 2.68. The minimum absolute atomic E-state index is 1.00. The van der Waals surface area contributed by atoms with Crippen LogP contribution in [0.5, 0.6) is 0 Å². The molecule has 2 rings (SSSR count). The normalized spacial score (nSPS) is 10.7. The summed E-state index contributed by atoms with van der Waals surface area (Å²) in [6, 6.07) is 4.13. The standard InChI is InChI=1S/C12H15N3/c1-8-5-6-11(13-7-8)12-9(2)14-15(4)10(12)3/h5-7H,1-4H3. The molecule has 0 unspecified atom stereocenters. The lowest BCUT2D eigenvalue weighted by Crippen LogP contribution is -1.93. The van der Waals surface area contributed by atoms with Gasteiger partial charge >= 0.3 is 0 Å². The SMILES string of the molecule is Cc1ccc(-c2c(C)nn(C)c2C)nc1. The molecule has 0 saturated heterocycles. The summed E-state index contributed by atoms with van der Waals surface area (Å²) < 4.78 is 1.90. The molecule has 0 aromatic carbocycles. The number of hydrogen-bond acceptors (Lipinski definition) is 2. The van der Waals surface area contributed by atoms with Crippen LogP contribution in [0.4, 0.5) is 0 Å². The Labute approximate surface area is 89.8 Å². The van der Waals surface area contributed by atoms with Gasteiger partial charge in [0.2, 0.25) is 0 Å². The van der Waals surface area contributed by atoms with Gasteiger partial charge in [-0.15, -0.1) is 0 Å². The fraction of sp³-hybridized carbons (Fsp3) is 0.333. The largest absolute Gasteiger partial charge is 0.272 e. The zero-order chi connectivity index (χ0) is 11.0. The van der Waals surface area contributed by atoms with Crippen molar-refractivity contribution >= 4 is 0 Å². The van der Waals surface area contributed by atoms with Gasteiger partial charge in [0.25, 0.3) is 0 Å². The second-order valence-electron chi connectivity index (χ2n) is 3.89. The molecule has 0 amide bonds. The van der Waals surface area contributed by atoms with Gasteiger partial charge in [0, 0.05) is 24.5 Å². The first-order valence-electron chi connectivity index (χ1n) is 5.03. The molecule has 0 aliphatic carbocycles. The van der Waals surface area contributed by atoms with Crippen molar-refractivity contribution < 1.29 is 0 Å². The summed E-state index contributed by atoms with van der Waals surface area (Å²) in [5, 5.41) is 4.39. The first-order chi connectivity index (χ1) is 7.09. The highest BCUT2D eigenvalue weighted by Gasteiger charge is 2.11. The molecule has 0 atom stereocenters. The van der Waals surface area contributed by atoms with Crippen LogP contribution in [0.15, 0.2) is 18.3 Å². The van der Waals surface area contributed by atoms with E-state index in [1.807, 2.05) is 37.8 Å². The molecule has 3 nitrogen and oxygen atoms in total. The van der Waals surface area contributed by atoms with Gasteiger partial charge in [-0.25, -0.2) is 0 Å². The van der Waals surface area contributed by atoms with E-state index >= 15 is 0 Å². The Kier molecular flexibility index (Phi) is 2.31. The molecule has 0 saturated carbocycles. The molecule has 2 aromatic rings. The number of aryl methyl sites for hydroxylation is 3. The average molecular weight is 201 g/mol. The minimum Gasteiger partial charge on any atom is -0.272 e. The molecule has 0 aliphatic rings. The predicted octanol–water partition coefficient (Wildman–Crippen LogP) is 2.41. The molecule has 2 heterocycles. The molecule has 0 fully saturated rings. The summed E-state index contributed by atoms with van der Waals surface area (Å²) in [6.45, 7) is 6.13. The Bertz CT molecular complexity index is 480. The molecule has 2 aromatic heterocycles. The number of aromatic nitrogens is 3. The first-order valence-corrected chi connectivity index (χ1v) is 5.03. The van der Waals surface area contributed by atoms with E-state index in [-0.39, 0.29) is 0 Å². The highest BCUT2D eigenvalue weighted by molar-refractivity contribution is 5.64. The predicted molar refractivity (Wildman–Crippen MR) is 60.7 cm³/mol. The maximum atomic E-state index is 4.43. The van der Waals surface area contributed by atoms with Crippen molar-refractivity contribution in [2.45, 2.75) is 20.8 Å². The topological polar surface area (TPSA) is 30.7 Å². The molecule has 15 heavy (non-hydrogen) atoms. The zero-order valence-electron chi connectivity index (χ0n) is 9.57. The van der Waals surface area contributed by atoms with Crippen molar-refractivity contribution in [3.8, 4) is 11.3 Å². The maximum Gasteiger partial charge on any atom is 0.0739 e. The van der Waals surface area contributed by atoms with Gasteiger partial charge in [0.15, 0.2) is 0 Å². The number of rotatable bonds is 1. The van der Waals surface area contributed by atoms with Gasteiger partial charge in [0.1, 0.15) is 0 Å². The first kappa shape index (κ1) is 9.90. The van der Waals surface area contributed by atoms with E-state index in [0.29, 0.717) is 0 Å². The van der Waals surface area contributed by atoms with Gasteiger partial charge < -0.3 is 0 Å². The van der Waals surface area contributed by atoms with E-state index in [1.165, 1.54) is 5.56 Å². The fourth-order valence-corrected chi connectivity index (χ4v) is 1.76. The zero-order valence-corrected chi connectivity index (χ0v) is 9.57. The number of pyridine rings is 1. The molecule has 0 N–H and O–H groups in total. The number of nitrogens with zero attached hydrogens (tertiary/aromatic N) is 3. The van der Waals surface area contributed by atoms with Crippen LogP contribution in [0.1, 0.15) is 17.0 Å². The van der Waals surface area contributed by atoms with Crippen LogP contribution < -0.4 is 0 Å². The summed E-state index contributed by atoms with van der Waals surface area (Å²) in [5.41, 5.74) is 5.52. The molecule has 0 spiro atoms. The monoisotopic (exact) mass is 201 g/mol. The van der Waals surface area contributed by atoms with Gasteiger partial charge in [0.05, 0.1) is 11.4 Å². The second-order valence-corrected chi connectivity index (χ2v) is 3.89. The van der Waals surface area contributed by atoms with Crippen LogP contribution in [0.2, 0.25) is 0 Å². The van der Waals surface area contributed by atoms with Crippen LogP contribution in [-0.2, 0) is 7.05 Å². The van der Waals surface area contributed by atoms with Crippen LogP contribution in [0.25, 0.3) is 11.3 Å². The van der Waals surface area contributed by atoms with E-state index in [2.05, 4.69) is 23.1 Å². The lowest BCUT2D eigenvalue weighted by molar-refractivity contribution is 0.731. The van der Waals surface area contributed by atoms with Crippen molar-refractivity contribution in [2.24, 2.45) is 7.05 Å². The van der Waals surface area contributed by atoms with Crippen LogP contribution in [-0.4, -0.2) is 14.8 Å². The van der Waals surface area contributed by atoms with Crippen molar-refractivity contribution in [2.75, 3.05) is 0 Å². The lowest BCUT2D eigenvalue weighted by Gasteiger charge is -2.01. The summed E-state index contributed by atoms with van der Waals surface area (Å²) in [6.07, 6.45) is 1.89. The third-order valence-corrected chi connectivity index (χ3v) is 2.68. The molecule has 0 aliphatic heterocycles. The second kappa shape index (κ2) is 3.50. The van der Waals surface area contributed by atoms with Crippen LogP contribution >= 0.6 is 0 Å². The fourth-order valence-electron chi connectivity index (χ4n) is 1.76. The summed E-state index contributed by atoms with van der Waals surface area (Å²) >= 11 is 0. The van der Waals surface area contributed by atoms with Gasteiger partial charge in [-0.1, -0.05) is 6.07 Å². The van der Waals surface area contributed by atoms with Gasteiger partial charge in [-0.3, -0.25) is 9.67 Å². The van der Waals surface area contributed by atoms with E-state index in [1.54, 1.807) is 0 Å². The van der Waals surface area contributed by atoms with E-state index in [0.717, 1.165) is 22.6 Å². The summed E-state index contributed by atoms with van der Waals surface area (Å²) in [7, 11) is 1.96. The van der Waals surface area contributed by atoms with Crippen molar-refractivity contribution in [3.63, 3.8) is 0 Å². The highest BCUT2D eigenvalue weighted by atomic mass is 15.3. The molecular weight excluding hydrogens is 186 g/mol. The van der Waals surface area contributed by atoms with Crippen LogP contribution in [0.3, 0.4) is 0 Å². The smallest absolute Gasteiger partial charge is 0.0739 e. The van der Waals surface area contributed by atoms with E-state index < -0.39 is 0 Å². The third kappa shape index (κ3) is 1.65. The molecule has 0 bridgehead atoms. The Morgan fingerprint density at radius 1 is 1.13 bits per heavy atom. The average Bonchev–Trinajstić information content (AvgIpc) is 2.44. The summed E-state index contributed by atoms with van der Waals surface area (Å²) in [5.74, 6) is 0.